The number of carbonyl (C=O) groups excluding carboxylic acids is 1. The molecule has 0 radical (unpaired) electrons. The molecule has 0 saturated carbocycles. The monoisotopic (exact) mass is 183 g/mol. The van der Waals surface area contributed by atoms with E-state index < -0.39 is 0 Å². The molecule has 13 heavy (non-hydrogen) atoms. The molecule has 1 heterocycles. The van der Waals surface area contributed by atoms with Gasteiger partial charge >= 0.3 is 0 Å². The second-order valence-electron chi connectivity index (χ2n) is 3.01. The van der Waals surface area contributed by atoms with Crippen molar-refractivity contribution in [3.8, 4) is 0 Å². The standard InChI is InChI=1S/C8H13N3O2/c1-6(3-9)2-8(12)11-7-4-10-13-5-7/h4-6H,2-3,9H2,1H3,(H,11,12). The summed E-state index contributed by atoms with van der Waals surface area (Å²) in [7, 11) is 0. The fraction of sp³-hybridized carbons (Fsp3) is 0.500. The number of rotatable bonds is 4. The molecule has 0 aromatic carbocycles. The number of amides is 1. The molecule has 1 amide bonds. The molecule has 0 aliphatic heterocycles. The molecule has 1 unspecified atom stereocenters. The fourth-order valence-corrected chi connectivity index (χ4v) is 0.878. The fourth-order valence-electron chi connectivity index (χ4n) is 0.878. The Bertz CT molecular complexity index is 258. The van der Waals surface area contributed by atoms with Gasteiger partial charge in [-0.2, -0.15) is 0 Å². The van der Waals surface area contributed by atoms with Crippen molar-refractivity contribution in [2.24, 2.45) is 11.7 Å². The number of nitrogens with one attached hydrogen (secondary N) is 1. The summed E-state index contributed by atoms with van der Waals surface area (Å²) in [6, 6.07) is 0. The van der Waals surface area contributed by atoms with Crippen LogP contribution in [0.1, 0.15) is 13.3 Å². The van der Waals surface area contributed by atoms with Crippen LogP contribution in [0.5, 0.6) is 0 Å². The number of nitrogens with two attached hydrogens (primary N) is 1. The molecule has 0 aliphatic carbocycles. The summed E-state index contributed by atoms with van der Waals surface area (Å²) in [4.78, 5) is 11.2. The van der Waals surface area contributed by atoms with Crippen molar-refractivity contribution in [2.75, 3.05) is 11.9 Å². The molecule has 1 aromatic heterocycles. The largest absolute Gasteiger partial charge is 0.363 e. The third-order valence-electron chi connectivity index (χ3n) is 1.65. The average molecular weight is 183 g/mol. The third kappa shape index (κ3) is 3.25. The Labute approximate surface area is 76.3 Å². The van der Waals surface area contributed by atoms with Gasteiger partial charge in [0.25, 0.3) is 0 Å². The van der Waals surface area contributed by atoms with E-state index in [4.69, 9.17) is 5.73 Å². The van der Waals surface area contributed by atoms with Crippen LogP contribution in [0.4, 0.5) is 5.69 Å². The van der Waals surface area contributed by atoms with Crippen LogP contribution in [0.15, 0.2) is 17.0 Å². The summed E-state index contributed by atoms with van der Waals surface area (Å²) in [5.74, 6) is 0.126. The molecule has 5 nitrogen and oxygen atoms in total. The van der Waals surface area contributed by atoms with Crippen LogP contribution in [0.2, 0.25) is 0 Å². The number of anilines is 1. The molecule has 0 fully saturated rings. The maximum atomic E-state index is 11.2. The molecule has 0 aliphatic rings. The quantitative estimate of drug-likeness (QED) is 0.716. The van der Waals surface area contributed by atoms with Gasteiger partial charge in [0.2, 0.25) is 5.91 Å². The van der Waals surface area contributed by atoms with E-state index in [9.17, 15) is 4.79 Å². The summed E-state index contributed by atoms with van der Waals surface area (Å²) < 4.78 is 4.56. The van der Waals surface area contributed by atoms with Crippen molar-refractivity contribution >= 4 is 11.6 Å². The minimum atomic E-state index is -0.0684. The molecule has 1 atom stereocenters. The van der Waals surface area contributed by atoms with Gasteiger partial charge < -0.3 is 15.6 Å². The van der Waals surface area contributed by atoms with Crippen molar-refractivity contribution in [3.05, 3.63) is 12.5 Å². The van der Waals surface area contributed by atoms with Gasteiger partial charge in [-0.3, -0.25) is 4.79 Å². The Morgan fingerprint density at radius 3 is 3.15 bits per heavy atom. The van der Waals surface area contributed by atoms with E-state index in [-0.39, 0.29) is 11.8 Å². The normalized spacial score (nSPS) is 12.5. The lowest BCUT2D eigenvalue weighted by Gasteiger charge is -2.06. The zero-order chi connectivity index (χ0) is 9.68. The van der Waals surface area contributed by atoms with E-state index in [0.29, 0.717) is 18.7 Å². The van der Waals surface area contributed by atoms with Crippen LogP contribution in [-0.2, 0) is 4.79 Å². The number of nitrogens with zero attached hydrogens (tertiary/aromatic N) is 1. The zero-order valence-corrected chi connectivity index (χ0v) is 7.49. The van der Waals surface area contributed by atoms with Gasteiger partial charge in [-0.15, -0.1) is 0 Å². The van der Waals surface area contributed by atoms with Crippen LogP contribution in [-0.4, -0.2) is 17.6 Å². The lowest BCUT2D eigenvalue weighted by atomic mass is 10.1. The predicted octanol–water partition coefficient (Wildman–Crippen LogP) is 0.598. The van der Waals surface area contributed by atoms with E-state index in [1.54, 1.807) is 0 Å². The molecular weight excluding hydrogens is 170 g/mol. The topological polar surface area (TPSA) is 81.2 Å². The predicted molar refractivity (Wildman–Crippen MR) is 48.0 cm³/mol. The number of hydrogen-bond donors (Lipinski definition) is 2. The zero-order valence-electron chi connectivity index (χ0n) is 7.49. The Hall–Kier alpha value is -1.36. The lowest BCUT2D eigenvalue weighted by Crippen LogP contribution is -2.19. The highest BCUT2D eigenvalue weighted by Gasteiger charge is 2.08. The second-order valence-corrected chi connectivity index (χ2v) is 3.01. The van der Waals surface area contributed by atoms with E-state index in [1.165, 1.54) is 12.5 Å². The molecule has 0 spiro atoms. The maximum Gasteiger partial charge on any atom is 0.224 e. The van der Waals surface area contributed by atoms with Crippen molar-refractivity contribution in [1.29, 1.82) is 0 Å². The lowest BCUT2D eigenvalue weighted by molar-refractivity contribution is -0.116. The Kier molecular flexibility index (Phi) is 3.45. The van der Waals surface area contributed by atoms with Gasteiger partial charge in [-0.1, -0.05) is 12.1 Å². The van der Waals surface area contributed by atoms with Crippen LogP contribution in [0.3, 0.4) is 0 Å². The molecular formula is C8H13N3O2. The summed E-state index contributed by atoms with van der Waals surface area (Å²) in [6.07, 6.45) is 3.25. The summed E-state index contributed by atoms with van der Waals surface area (Å²) in [6.45, 7) is 2.43. The van der Waals surface area contributed by atoms with E-state index in [1.807, 2.05) is 6.92 Å². The summed E-state index contributed by atoms with van der Waals surface area (Å²) >= 11 is 0. The number of carbonyl (C=O) groups is 1. The van der Waals surface area contributed by atoms with Gasteiger partial charge in [-0.05, 0) is 12.5 Å². The van der Waals surface area contributed by atoms with Crippen molar-refractivity contribution < 1.29 is 9.32 Å². The van der Waals surface area contributed by atoms with Crippen LogP contribution < -0.4 is 11.1 Å². The highest BCUT2D eigenvalue weighted by molar-refractivity contribution is 5.90. The SMILES string of the molecule is CC(CN)CC(=O)Nc1cnoc1. The first-order valence-electron chi connectivity index (χ1n) is 4.11. The Balaban J connectivity index is 2.34. The molecule has 3 N–H and O–H groups in total. The molecule has 0 bridgehead atoms. The highest BCUT2D eigenvalue weighted by atomic mass is 16.5. The van der Waals surface area contributed by atoms with Gasteiger partial charge in [0.05, 0.1) is 6.20 Å². The first-order valence-corrected chi connectivity index (χ1v) is 4.11. The molecule has 0 saturated heterocycles. The van der Waals surface area contributed by atoms with Gasteiger partial charge in [0.15, 0.2) is 0 Å². The van der Waals surface area contributed by atoms with E-state index in [0.717, 1.165) is 0 Å². The van der Waals surface area contributed by atoms with Gasteiger partial charge in [-0.25, -0.2) is 0 Å². The third-order valence-corrected chi connectivity index (χ3v) is 1.65. The summed E-state index contributed by atoms with van der Waals surface area (Å²) in [5, 5.41) is 6.10. The molecule has 1 aromatic rings. The molecule has 5 heteroatoms. The van der Waals surface area contributed by atoms with Gasteiger partial charge in [0, 0.05) is 6.42 Å². The van der Waals surface area contributed by atoms with Crippen LogP contribution in [0, 0.1) is 5.92 Å². The van der Waals surface area contributed by atoms with Crippen molar-refractivity contribution in [3.63, 3.8) is 0 Å². The Morgan fingerprint density at radius 2 is 2.62 bits per heavy atom. The summed E-state index contributed by atoms with van der Waals surface area (Å²) in [5.41, 5.74) is 5.96. The maximum absolute atomic E-state index is 11.2. The highest BCUT2D eigenvalue weighted by Crippen LogP contribution is 2.06. The number of aromatic nitrogens is 1. The average Bonchev–Trinajstić information content (AvgIpc) is 2.56. The first-order chi connectivity index (χ1) is 6.22. The van der Waals surface area contributed by atoms with E-state index in [2.05, 4.69) is 15.0 Å². The Morgan fingerprint density at radius 1 is 1.85 bits per heavy atom. The molecule has 72 valence electrons. The van der Waals surface area contributed by atoms with E-state index >= 15 is 0 Å². The van der Waals surface area contributed by atoms with Crippen LogP contribution in [0.25, 0.3) is 0 Å². The first kappa shape index (κ1) is 9.73. The smallest absolute Gasteiger partial charge is 0.224 e. The van der Waals surface area contributed by atoms with Crippen molar-refractivity contribution in [1.82, 2.24) is 5.16 Å². The van der Waals surface area contributed by atoms with Crippen molar-refractivity contribution in [2.45, 2.75) is 13.3 Å². The van der Waals surface area contributed by atoms with Gasteiger partial charge in [0.1, 0.15) is 12.0 Å². The minimum Gasteiger partial charge on any atom is -0.363 e. The number of hydrogen-bond acceptors (Lipinski definition) is 4. The van der Waals surface area contributed by atoms with Crippen LogP contribution >= 0.6 is 0 Å². The molecule has 1 rings (SSSR count). The minimum absolute atomic E-state index is 0.0684. The second kappa shape index (κ2) is 4.61.